The van der Waals surface area contributed by atoms with Crippen molar-refractivity contribution in [3.63, 3.8) is 0 Å². The van der Waals surface area contributed by atoms with Gasteiger partial charge in [0, 0.05) is 17.7 Å². The molecule has 0 N–H and O–H groups in total. The zero-order chi connectivity index (χ0) is 9.14. The van der Waals surface area contributed by atoms with E-state index in [0.29, 0.717) is 0 Å². The van der Waals surface area contributed by atoms with E-state index in [2.05, 4.69) is 0 Å². The zero-order valence-electron chi connectivity index (χ0n) is 6.06. The Labute approximate surface area is 69.8 Å². The number of carbonyl (C=O) groups excluding carboxylic acids is 1. The molecule has 58 valence electrons. The van der Waals surface area contributed by atoms with Crippen molar-refractivity contribution in [2.45, 2.75) is 0 Å². The molecule has 0 fully saturated rings. The second-order valence-corrected chi connectivity index (χ2v) is 2.17. The molecule has 0 spiro atoms. The fourth-order valence-corrected chi connectivity index (χ4v) is 0.773. The van der Waals surface area contributed by atoms with E-state index in [-0.39, 0.29) is 11.3 Å². The topological polar surface area (TPSA) is 60.2 Å². The van der Waals surface area contributed by atoms with Crippen LogP contribution in [0.1, 0.15) is 10.4 Å². The standard InChI is InChI=1S/C7H4BNO3/c8-7(10)5-2-1-3-6(4-5)9(11)12/h1-4H. The molecule has 0 aliphatic heterocycles. The Hall–Kier alpha value is -1.65. The Morgan fingerprint density at radius 1 is 1.50 bits per heavy atom. The van der Waals surface area contributed by atoms with E-state index in [0.717, 1.165) is 6.07 Å². The minimum absolute atomic E-state index is 0.133. The van der Waals surface area contributed by atoms with Gasteiger partial charge < -0.3 is 4.79 Å². The number of nitrogens with zero attached hydrogens (tertiary/aromatic N) is 1. The van der Waals surface area contributed by atoms with Gasteiger partial charge in [-0.2, -0.15) is 0 Å². The number of benzene rings is 1. The number of hydrogen-bond donors (Lipinski definition) is 0. The van der Waals surface area contributed by atoms with Gasteiger partial charge >= 0.3 is 0 Å². The van der Waals surface area contributed by atoms with Crippen LogP contribution in [0.15, 0.2) is 24.3 Å². The van der Waals surface area contributed by atoms with Crippen molar-refractivity contribution in [3.05, 3.63) is 39.9 Å². The van der Waals surface area contributed by atoms with Crippen LogP contribution in [0.4, 0.5) is 5.69 Å². The largest absolute Gasteiger partial charge is 0.307 e. The molecule has 0 unspecified atom stereocenters. The highest BCUT2D eigenvalue weighted by atomic mass is 16.6. The highest BCUT2D eigenvalue weighted by molar-refractivity contribution is 6.62. The molecule has 0 aromatic heterocycles. The first kappa shape index (κ1) is 8.45. The highest BCUT2D eigenvalue weighted by Crippen LogP contribution is 2.12. The summed E-state index contributed by atoms with van der Waals surface area (Å²) in [6, 6.07) is 5.28. The molecular weight excluding hydrogens is 157 g/mol. The molecule has 2 radical (unpaired) electrons. The van der Waals surface area contributed by atoms with Gasteiger partial charge in [0.2, 0.25) is 0 Å². The normalized spacial score (nSPS) is 9.33. The van der Waals surface area contributed by atoms with E-state index in [9.17, 15) is 14.9 Å². The fourth-order valence-electron chi connectivity index (χ4n) is 0.773. The molecule has 1 rings (SSSR count). The summed E-state index contributed by atoms with van der Waals surface area (Å²) in [4.78, 5) is 20.2. The van der Waals surface area contributed by atoms with E-state index in [1.165, 1.54) is 18.2 Å². The molecule has 0 saturated heterocycles. The van der Waals surface area contributed by atoms with Gasteiger partial charge in [-0.3, -0.25) is 10.1 Å². The maximum Gasteiger partial charge on any atom is 0.270 e. The third kappa shape index (κ3) is 1.69. The smallest absolute Gasteiger partial charge is 0.270 e. The molecule has 12 heavy (non-hydrogen) atoms. The lowest BCUT2D eigenvalue weighted by Gasteiger charge is -1.94. The van der Waals surface area contributed by atoms with Gasteiger partial charge in [0.15, 0.2) is 7.85 Å². The molecule has 5 heteroatoms. The average molecular weight is 161 g/mol. The van der Waals surface area contributed by atoms with E-state index in [4.69, 9.17) is 7.85 Å². The van der Waals surface area contributed by atoms with Crippen molar-refractivity contribution in [1.82, 2.24) is 0 Å². The number of hydrogen-bond acceptors (Lipinski definition) is 3. The van der Waals surface area contributed by atoms with Crippen LogP contribution in [0.5, 0.6) is 0 Å². The maximum atomic E-state index is 10.6. The minimum Gasteiger partial charge on any atom is -0.307 e. The van der Waals surface area contributed by atoms with E-state index in [1.54, 1.807) is 0 Å². The molecule has 0 bridgehead atoms. The summed E-state index contributed by atoms with van der Waals surface area (Å²) in [5.74, 6) is 0. The van der Waals surface area contributed by atoms with Gasteiger partial charge in [0.05, 0.1) is 4.92 Å². The molecule has 4 nitrogen and oxygen atoms in total. The number of nitro benzene ring substituents is 1. The van der Waals surface area contributed by atoms with Crippen molar-refractivity contribution in [2.24, 2.45) is 0 Å². The Bertz CT molecular complexity index is 308. The quantitative estimate of drug-likeness (QED) is 0.367. The minimum atomic E-state index is -0.668. The first-order valence-electron chi connectivity index (χ1n) is 3.15. The van der Waals surface area contributed by atoms with Crippen molar-refractivity contribution in [2.75, 3.05) is 0 Å². The average Bonchev–Trinajstić information content (AvgIpc) is 2.04. The van der Waals surface area contributed by atoms with Crippen molar-refractivity contribution >= 4 is 19.2 Å². The lowest BCUT2D eigenvalue weighted by Crippen LogP contribution is -1.98. The van der Waals surface area contributed by atoms with Gasteiger partial charge in [0.1, 0.15) is 5.68 Å². The van der Waals surface area contributed by atoms with Crippen LogP contribution < -0.4 is 0 Å². The Balaban J connectivity index is 3.12. The second-order valence-electron chi connectivity index (χ2n) is 2.17. The van der Waals surface area contributed by atoms with Gasteiger partial charge in [-0.05, 0) is 0 Å². The summed E-state index contributed by atoms with van der Waals surface area (Å²) >= 11 is 0. The van der Waals surface area contributed by atoms with Crippen LogP contribution in [0.3, 0.4) is 0 Å². The summed E-state index contributed by atoms with van der Waals surface area (Å²) < 4.78 is 0. The van der Waals surface area contributed by atoms with Crippen LogP contribution in [0, 0.1) is 10.1 Å². The van der Waals surface area contributed by atoms with E-state index >= 15 is 0 Å². The second kappa shape index (κ2) is 3.17. The van der Waals surface area contributed by atoms with Gasteiger partial charge in [-0.25, -0.2) is 0 Å². The van der Waals surface area contributed by atoms with Crippen LogP contribution >= 0.6 is 0 Å². The van der Waals surface area contributed by atoms with Crippen LogP contribution in [-0.4, -0.2) is 18.5 Å². The molecular formula is C7H4BNO3. The van der Waals surface area contributed by atoms with Crippen LogP contribution in [0.2, 0.25) is 0 Å². The molecule has 0 aliphatic carbocycles. The number of non-ortho nitro benzene ring substituents is 1. The summed E-state index contributed by atoms with van der Waals surface area (Å²) in [7, 11) is 4.92. The van der Waals surface area contributed by atoms with Crippen LogP contribution in [-0.2, 0) is 0 Å². The summed E-state index contributed by atoms with van der Waals surface area (Å²) in [6.07, 6.45) is 0. The molecule has 1 aromatic carbocycles. The van der Waals surface area contributed by atoms with E-state index < -0.39 is 10.6 Å². The molecule has 1 aromatic rings. The van der Waals surface area contributed by atoms with Crippen molar-refractivity contribution < 1.29 is 9.72 Å². The summed E-state index contributed by atoms with van der Waals surface area (Å²) in [6.45, 7) is 0. The monoisotopic (exact) mass is 161 g/mol. The molecule has 0 atom stereocenters. The Kier molecular flexibility index (Phi) is 2.23. The SMILES string of the molecule is [B]C(=O)c1cccc([N+](=O)[O-])c1. The number of nitro groups is 1. The molecule has 0 aliphatic rings. The van der Waals surface area contributed by atoms with Crippen molar-refractivity contribution in [3.8, 4) is 0 Å². The Morgan fingerprint density at radius 2 is 2.17 bits per heavy atom. The molecule has 0 amide bonds. The fraction of sp³-hybridized carbons (Fsp3) is 0. The van der Waals surface area contributed by atoms with Gasteiger partial charge in [-0.15, -0.1) is 0 Å². The van der Waals surface area contributed by atoms with Crippen molar-refractivity contribution in [1.29, 1.82) is 0 Å². The number of carbonyl (C=O) groups is 1. The Morgan fingerprint density at radius 3 is 2.67 bits per heavy atom. The summed E-state index contributed by atoms with van der Waals surface area (Å²) in [5, 5.41) is 10.2. The lowest BCUT2D eigenvalue weighted by molar-refractivity contribution is -0.384. The third-order valence-corrected chi connectivity index (χ3v) is 1.34. The van der Waals surface area contributed by atoms with Gasteiger partial charge in [-0.1, -0.05) is 12.1 Å². The maximum absolute atomic E-state index is 10.6. The predicted octanol–water partition coefficient (Wildman–Crippen LogP) is 0.903. The lowest BCUT2D eigenvalue weighted by atomic mass is 9.95. The summed E-state index contributed by atoms with van der Waals surface area (Å²) in [5.41, 5.74) is -0.658. The van der Waals surface area contributed by atoms with Crippen LogP contribution in [0.25, 0.3) is 0 Å². The van der Waals surface area contributed by atoms with Gasteiger partial charge in [0.25, 0.3) is 5.69 Å². The predicted molar refractivity (Wildman–Crippen MR) is 43.2 cm³/mol. The third-order valence-electron chi connectivity index (χ3n) is 1.34. The first-order chi connectivity index (χ1) is 5.61. The molecule has 0 heterocycles. The molecule has 0 saturated carbocycles. The highest BCUT2D eigenvalue weighted by Gasteiger charge is 2.06. The zero-order valence-corrected chi connectivity index (χ0v) is 6.06. The van der Waals surface area contributed by atoms with E-state index in [1.807, 2.05) is 0 Å². The first-order valence-corrected chi connectivity index (χ1v) is 3.15. The number of rotatable bonds is 2.